The second-order valence-corrected chi connectivity index (χ2v) is 32.5. The van der Waals surface area contributed by atoms with Crippen LogP contribution in [0.2, 0.25) is 0 Å². The first-order chi connectivity index (χ1) is 62.4. The van der Waals surface area contributed by atoms with E-state index in [1.54, 1.807) is 12.5 Å². The molecule has 26 rings (SSSR count). The average molecular weight is 1600 g/mol. The maximum atomic E-state index is 4.92. The van der Waals surface area contributed by atoms with Gasteiger partial charge in [-0.3, -0.25) is 19.9 Å². The summed E-state index contributed by atoms with van der Waals surface area (Å²) in [5.74, 6) is 1.15. The van der Waals surface area contributed by atoms with E-state index in [2.05, 4.69) is 394 Å². The lowest BCUT2D eigenvalue weighted by Gasteiger charge is -2.14. The van der Waals surface area contributed by atoms with Crippen LogP contribution in [0.3, 0.4) is 0 Å². The van der Waals surface area contributed by atoms with E-state index in [0.29, 0.717) is 17.3 Å². The minimum absolute atomic E-state index is 0.535. The number of hydrogen-bond donors (Lipinski definition) is 0. The van der Waals surface area contributed by atoms with Gasteiger partial charge in [0.1, 0.15) is 12.0 Å². The second kappa shape index (κ2) is 30.6. The molecule has 0 N–H and O–H groups in total. The number of rotatable bonds is 8. The number of aromatic nitrogens is 8. The van der Waals surface area contributed by atoms with E-state index in [1.165, 1.54) is 174 Å². The Hall–Kier alpha value is -16.9. The zero-order valence-electron chi connectivity index (χ0n) is 68.1. The molecule has 126 heavy (non-hydrogen) atoms. The molecule has 26 aromatic rings. The van der Waals surface area contributed by atoms with Crippen LogP contribution in [0.15, 0.2) is 438 Å². The molecule has 0 fully saturated rings. The number of pyridine rings is 5. The molecule has 20 aromatic carbocycles. The van der Waals surface area contributed by atoms with Crippen LogP contribution in [0, 0.1) is 0 Å². The quantitative estimate of drug-likeness (QED) is 0.139. The Kier molecular flexibility index (Phi) is 17.8. The highest BCUT2D eigenvalue weighted by Crippen LogP contribution is 2.44. The highest BCUT2D eigenvalue weighted by atomic mass is 15.0. The topological polar surface area (TPSA) is 103 Å². The van der Waals surface area contributed by atoms with Gasteiger partial charge in [0.2, 0.25) is 0 Å². The summed E-state index contributed by atoms with van der Waals surface area (Å²) in [6.07, 6.45) is 8.91. The molecule has 6 heterocycles. The van der Waals surface area contributed by atoms with Gasteiger partial charge in [-0.05, 0) is 284 Å². The van der Waals surface area contributed by atoms with Gasteiger partial charge in [-0.25, -0.2) is 19.9 Å². The minimum Gasteiger partial charge on any atom is -0.256 e. The molecular weight excluding hydrogens is 1530 g/mol. The summed E-state index contributed by atoms with van der Waals surface area (Å²) < 4.78 is 0. The summed E-state index contributed by atoms with van der Waals surface area (Å²) in [6.45, 7) is 0. The van der Waals surface area contributed by atoms with E-state index < -0.39 is 0 Å². The lowest BCUT2D eigenvalue weighted by molar-refractivity contribution is 1.05. The summed E-state index contributed by atoms with van der Waals surface area (Å²) in [5.41, 5.74) is 20.9. The second-order valence-electron chi connectivity index (χ2n) is 32.5. The largest absolute Gasteiger partial charge is 0.256 e. The highest BCUT2D eigenvalue weighted by molar-refractivity contribution is 6.29. The minimum atomic E-state index is 0.535. The normalized spacial score (nSPS) is 11.7. The first-order valence-corrected chi connectivity index (χ1v) is 42.6. The number of nitrogens with zero attached hydrogens (tertiary/aromatic N) is 8. The van der Waals surface area contributed by atoms with Crippen LogP contribution in [-0.2, 0) is 0 Å². The summed E-state index contributed by atoms with van der Waals surface area (Å²) in [4.78, 5) is 36.9. The van der Waals surface area contributed by atoms with E-state index >= 15 is 0 Å². The van der Waals surface area contributed by atoms with Crippen molar-refractivity contribution in [2.24, 2.45) is 0 Å². The van der Waals surface area contributed by atoms with Crippen LogP contribution >= 0.6 is 0 Å². The van der Waals surface area contributed by atoms with Crippen molar-refractivity contribution in [1.29, 1.82) is 0 Å². The fourth-order valence-electron chi connectivity index (χ4n) is 19.0. The van der Waals surface area contributed by atoms with Crippen LogP contribution in [0.1, 0.15) is 0 Å². The molecule has 0 radical (unpaired) electrons. The predicted molar refractivity (Wildman–Crippen MR) is 528 cm³/mol. The molecule has 8 heteroatoms. The molecule has 6 aromatic heterocycles. The Morgan fingerprint density at radius 2 is 0.437 bits per heavy atom. The van der Waals surface area contributed by atoms with Crippen molar-refractivity contribution in [3.05, 3.63) is 438 Å². The van der Waals surface area contributed by atoms with E-state index in [4.69, 9.17) is 9.97 Å². The van der Waals surface area contributed by atoms with Gasteiger partial charge in [-0.1, -0.05) is 297 Å². The molecular formula is C118H72N8. The van der Waals surface area contributed by atoms with Crippen LogP contribution in [-0.4, -0.2) is 39.9 Å². The summed E-state index contributed by atoms with van der Waals surface area (Å²) >= 11 is 0. The number of fused-ring (bicyclic) bond motifs is 25. The maximum Gasteiger partial charge on any atom is 0.181 e. The zero-order valence-corrected chi connectivity index (χ0v) is 68.1. The molecule has 8 nitrogen and oxygen atoms in total. The van der Waals surface area contributed by atoms with Crippen molar-refractivity contribution in [3.8, 4) is 89.7 Å². The lowest BCUT2D eigenvalue weighted by Crippen LogP contribution is -1.97. The Morgan fingerprint density at radius 1 is 0.135 bits per heavy atom. The molecule has 0 aliphatic heterocycles. The van der Waals surface area contributed by atoms with Crippen LogP contribution in [0.4, 0.5) is 0 Å². The van der Waals surface area contributed by atoms with E-state index in [-0.39, 0.29) is 0 Å². The summed E-state index contributed by atoms with van der Waals surface area (Å²) in [5, 5.41) is 30.8. The third-order valence-electron chi connectivity index (χ3n) is 25.2. The number of benzene rings is 20. The van der Waals surface area contributed by atoms with E-state index in [0.717, 1.165) is 60.1 Å². The number of hydrogen-bond acceptors (Lipinski definition) is 8. The molecule has 0 bridgehead atoms. The summed E-state index contributed by atoms with van der Waals surface area (Å²) in [6, 6.07) is 146. The predicted octanol–water partition coefficient (Wildman–Crippen LogP) is 30.9. The highest BCUT2D eigenvalue weighted by Gasteiger charge is 2.19. The molecule has 0 aliphatic rings. The van der Waals surface area contributed by atoms with Crippen LogP contribution in [0.25, 0.3) is 252 Å². The van der Waals surface area contributed by atoms with Crippen molar-refractivity contribution in [2.45, 2.75) is 0 Å². The monoisotopic (exact) mass is 1600 g/mol. The fourth-order valence-corrected chi connectivity index (χ4v) is 19.0. The molecule has 584 valence electrons. The van der Waals surface area contributed by atoms with E-state index in [9.17, 15) is 0 Å². The van der Waals surface area contributed by atoms with Crippen molar-refractivity contribution < 1.29 is 0 Å². The SMILES string of the molecule is c1cc(-c2ccc3ncccc3c2)cc(-c2ccc3c4ccc(-c5cccc(-c6ccc7ncccc7c6)c5)cc4c4ccccc4c3c2)c1.c1cnc2c(c1)ccc1ccc(-c3ncnc(-c4ccc5c6ccccc6c6ccccc6c5c4)n3)nc12.c1cnc2cc(-c3ccc4ccc(-c5ccc6c7ccccc7c7ccccc7c6c5)cc4c3)ccc2c1. The van der Waals surface area contributed by atoms with Crippen molar-refractivity contribution in [2.75, 3.05) is 0 Å². The lowest BCUT2D eigenvalue weighted by atomic mass is 9.89. The van der Waals surface area contributed by atoms with Gasteiger partial charge in [0.05, 0.1) is 27.6 Å². The molecule has 0 atom stereocenters. The van der Waals surface area contributed by atoms with Gasteiger partial charge in [-0.15, -0.1) is 0 Å². The summed E-state index contributed by atoms with van der Waals surface area (Å²) in [7, 11) is 0. The third-order valence-corrected chi connectivity index (χ3v) is 25.2. The van der Waals surface area contributed by atoms with Gasteiger partial charge in [0.25, 0.3) is 0 Å². The molecule has 0 unspecified atom stereocenters. The molecule has 0 amide bonds. The van der Waals surface area contributed by atoms with Crippen molar-refractivity contribution in [3.63, 3.8) is 0 Å². The molecule has 0 saturated carbocycles. The van der Waals surface area contributed by atoms with Gasteiger partial charge < -0.3 is 0 Å². The molecule has 0 spiro atoms. The van der Waals surface area contributed by atoms with E-state index in [1.807, 2.05) is 61.1 Å². The fraction of sp³-hybridized carbons (Fsp3) is 0. The van der Waals surface area contributed by atoms with Gasteiger partial charge in [0.15, 0.2) is 11.6 Å². The van der Waals surface area contributed by atoms with Crippen molar-refractivity contribution >= 4 is 162 Å². The Morgan fingerprint density at radius 3 is 0.889 bits per heavy atom. The molecule has 0 aliphatic carbocycles. The third kappa shape index (κ3) is 13.1. The van der Waals surface area contributed by atoms with Crippen LogP contribution < -0.4 is 0 Å². The maximum absolute atomic E-state index is 4.92. The molecule has 0 saturated heterocycles. The first-order valence-electron chi connectivity index (χ1n) is 42.6. The van der Waals surface area contributed by atoms with Crippen LogP contribution in [0.5, 0.6) is 0 Å². The Bertz CT molecular complexity index is 8680. The van der Waals surface area contributed by atoms with Gasteiger partial charge in [0, 0.05) is 57.3 Å². The Balaban J connectivity index is 0.000000107. The zero-order chi connectivity index (χ0) is 83.1. The average Bonchev–Trinajstić information content (AvgIpc) is 0.726. The van der Waals surface area contributed by atoms with Gasteiger partial charge in [-0.2, -0.15) is 0 Å². The Labute approximate surface area is 724 Å². The first kappa shape index (κ1) is 73.0. The van der Waals surface area contributed by atoms with Gasteiger partial charge >= 0.3 is 0 Å². The smallest absolute Gasteiger partial charge is 0.181 e. The van der Waals surface area contributed by atoms with Crippen molar-refractivity contribution in [1.82, 2.24) is 39.9 Å². The standard InChI is InChI=1S/C48H30N2.C37H23N.C33H19N5/c1-2-14-42-41(13-1)45-29-37(33-9-3-7-31(25-33)35-17-21-47-39(27-35)11-5-23-49-47)15-19-43(45)44-20-16-38(30-46(42)44)34-10-4-8-32(26-34)36-18-22-48-40(28-36)12-6-24-50-48;1-2-9-33-31(7-1)32-8-3-4-10-34(32)36-22-28(17-18-35(33)36)26-14-11-24-12-15-27(21-30(24)20-26)29-16-13-25-6-5-19-38-37(25)23-29;1-2-9-25-23(7-1)24-8-3-4-10-26(24)28-18-22(13-15-27(25)28)32-35-19-36-33(38-32)29-16-14-21-12-11-20-6-5-17-34-30(20)31(21)37-29/h1-30H;1-23H;1-19H.